The lowest BCUT2D eigenvalue weighted by molar-refractivity contribution is -0.146. The molecule has 0 spiro atoms. The molecule has 1 aliphatic heterocycles. The van der Waals surface area contributed by atoms with Crippen LogP contribution < -0.4 is 16.0 Å². The number of ketones is 1. The van der Waals surface area contributed by atoms with Gasteiger partial charge in [0, 0.05) is 13.0 Å². The van der Waals surface area contributed by atoms with Crippen molar-refractivity contribution in [1.29, 1.82) is 0 Å². The van der Waals surface area contributed by atoms with Gasteiger partial charge in [-0.25, -0.2) is 9.59 Å². The molecule has 4 amide bonds. The minimum Gasteiger partial charge on any atom is -0.480 e. The van der Waals surface area contributed by atoms with Gasteiger partial charge in [0.15, 0.2) is 0 Å². The largest absolute Gasteiger partial charge is 0.480 e. The Kier molecular flexibility index (Phi) is 12.1. The number of carbonyl (C=O) groups is 6. The van der Waals surface area contributed by atoms with E-state index in [0.717, 1.165) is 19.3 Å². The summed E-state index contributed by atoms with van der Waals surface area (Å²) in [6.07, 6.45) is 1.95. The van der Waals surface area contributed by atoms with Crippen molar-refractivity contribution >= 4 is 35.6 Å². The number of amides is 4. The summed E-state index contributed by atoms with van der Waals surface area (Å²) >= 11 is 0. The fraction of sp³-hybridized carbons (Fsp3) is 0.636. The summed E-state index contributed by atoms with van der Waals surface area (Å²) in [7, 11) is 0. The van der Waals surface area contributed by atoms with E-state index in [1.165, 1.54) is 4.90 Å². The van der Waals surface area contributed by atoms with Crippen LogP contribution in [0.3, 0.4) is 0 Å². The number of nitrogens with zero attached hydrogens (tertiary/aromatic N) is 1. The van der Waals surface area contributed by atoms with Crippen molar-refractivity contribution in [3.05, 3.63) is 35.9 Å². The van der Waals surface area contributed by atoms with E-state index in [4.69, 9.17) is 4.74 Å². The normalized spacial score (nSPS) is 21.3. The quantitative estimate of drug-likeness (QED) is 0.242. The SMILES string of the molecule is CCC[C@H](NC(=O)[C@@H]1[C@H]2CCC[C@H]2CN1C(=O)[C@@H](NC(=O)OC(C)C)C(C)(C)C)C(=O)C(=O)N[C@@H](Cc1ccccc1)C(=O)O. The smallest absolute Gasteiger partial charge is 0.408 e. The number of hydrogen-bond acceptors (Lipinski definition) is 7. The van der Waals surface area contributed by atoms with Gasteiger partial charge in [-0.2, -0.15) is 0 Å². The third-order valence-corrected chi connectivity index (χ3v) is 8.48. The van der Waals surface area contributed by atoms with Gasteiger partial charge in [-0.3, -0.25) is 19.2 Å². The van der Waals surface area contributed by atoms with E-state index >= 15 is 0 Å². The monoisotopic (exact) mass is 628 g/mol. The molecule has 1 saturated heterocycles. The molecule has 45 heavy (non-hydrogen) atoms. The van der Waals surface area contributed by atoms with Crippen molar-refractivity contribution in [2.45, 2.75) is 110 Å². The van der Waals surface area contributed by atoms with Crippen LogP contribution in [0, 0.1) is 17.3 Å². The molecule has 1 aromatic rings. The highest BCUT2D eigenvalue weighted by Crippen LogP contribution is 2.43. The number of carboxylic acids is 1. The molecular weight excluding hydrogens is 580 g/mol. The van der Waals surface area contributed by atoms with Crippen LogP contribution >= 0.6 is 0 Å². The molecule has 248 valence electrons. The number of carbonyl (C=O) groups excluding carboxylic acids is 5. The first-order valence-electron chi connectivity index (χ1n) is 15.8. The number of likely N-dealkylation sites (tertiary alicyclic amines) is 1. The van der Waals surface area contributed by atoms with E-state index in [2.05, 4.69) is 16.0 Å². The van der Waals surface area contributed by atoms with Gasteiger partial charge in [0.25, 0.3) is 5.91 Å². The van der Waals surface area contributed by atoms with Crippen LogP contribution in [0.4, 0.5) is 4.79 Å². The Morgan fingerprint density at radius 1 is 0.978 bits per heavy atom. The molecule has 12 nitrogen and oxygen atoms in total. The molecule has 2 fully saturated rings. The zero-order chi connectivity index (χ0) is 33.5. The van der Waals surface area contributed by atoms with Crippen molar-refractivity contribution < 1.29 is 38.6 Å². The number of carboxylic acid groups (broad SMARTS) is 1. The summed E-state index contributed by atoms with van der Waals surface area (Å²) in [6, 6.07) is 4.31. The molecule has 2 aliphatic rings. The van der Waals surface area contributed by atoms with E-state index in [1.54, 1.807) is 51.1 Å². The number of hydrogen-bond donors (Lipinski definition) is 4. The van der Waals surface area contributed by atoms with Gasteiger partial charge in [-0.15, -0.1) is 0 Å². The average molecular weight is 629 g/mol. The lowest BCUT2D eigenvalue weighted by Gasteiger charge is -2.36. The van der Waals surface area contributed by atoms with Gasteiger partial charge in [0.05, 0.1) is 12.1 Å². The summed E-state index contributed by atoms with van der Waals surface area (Å²) in [6.45, 7) is 11.0. The molecule has 0 aromatic heterocycles. The molecule has 0 unspecified atom stereocenters. The van der Waals surface area contributed by atoms with Gasteiger partial charge in [-0.05, 0) is 55.9 Å². The molecule has 0 bridgehead atoms. The van der Waals surface area contributed by atoms with Crippen LogP contribution in [0.1, 0.15) is 79.2 Å². The number of rotatable bonds is 13. The molecule has 4 N–H and O–H groups in total. The molecule has 1 aliphatic carbocycles. The first-order chi connectivity index (χ1) is 21.1. The summed E-state index contributed by atoms with van der Waals surface area (Å²) in [5.41, 5.74) is -0.0286. The first kappa shape index (κ1) is 35.5. The minimum absolute atomic E-state index is 0.0180. The Morgan fingerprint density at radius 3 is 2.22 bits per heavy atom. The maximum Gasteiger partial charge on any atom is 0.408 e. The highest BCUT2D eigenvalue weighted by molar-refractivity contribution is 6.38. The number of fused-ring (bicyclic) bond motifs is 1. The topological polar surface area (TPSA) is 171 Å². The first-order valence-corrected chi connectivity index (χ1v) is 15.8. The molecule has 1 aromatic carbocycles. The lowest BCUT2D eigenvalue weighted by atomic mass is 9.85. The molecule has 0 radical (unpaired) electrons. The number of nitrogens with one attached hydrogen (secondary N) is 3. The zero-order valence-corrected chi connectivity index (χ0v) is 27.1. The number of aliphatic carboxylic acids is 1. The second kappa shape index (κ2) is 15.4. The molecule has 1 saturated carbocycles. The van der Waals surface area contributed by atoms with E-state index in [0.29, 0.717) is 18.5 Å². The maximum absolute atomic E-state index is 14.0. The highest BCUT2D eigenvalue weighted by atomic mass is 16.6. The zero-order valence-electron chi connectivity index (χ0n) is 27.1. The summed E-state index contributed by atoms with van der Waals surface area (Å²) in [4.78, 5) is 80.2. The van der Waals surface area contributed by atoms with Crippen molar-refractivity contribution in [3.8, 4) is 0 Å². The molecule has 1 heterocycles. The van der Waals surface area contributed by atoms with Crippen LogP contribution in [0.25, 0.3) is 0 Å². The minimum atomic E-state index is -1.34. The summed E-state index contributed by atoms with van der Waals surface area (Å²) < 4.78 is 5.23. The number of benzene rings is 1. The lowest BCUT2D eigenvalue weighted by Crippen LogP contribution is -2.60. The van der Waals surface area contributed by atoms with Crippen molar-refractivity contribution in [1.82, 2.24) is 20.9 Å². The predicted molar refractivity (Wildman–Crippen MR) is 166 cm³/mol. The summed E-state index contributed by atoms with van der Waals surface area (Å²) in [5.74, 6) is -4.35. The Bertz CT molecular complexity index is 1240. The average Bonchev–Trinajstić information content (AvgIpc) is 3.55. The van der Waals surface area contributed by atoms with Gasteiger partial charge >= 0.3 is 12.1 Å². The number of Topliss-reactive ketones (excluding diaryl/α,β-unsaturated/α-hetero) is 1. The number of ether oxygens (including phenoxy) is 1. The van der Waals surface area contributed by atoms with Crippen LogP contribution in [0.5, 0.6) is 0 Å². The van der Waals surface area contributed by atoms with E-state index < -0.39 is 65.1 Å². The second-order valence-electron chi connectivity index (χ2n) is 13.5. The Hall–Kier alpha value is -3.96. The predicted octanol–water partition coefficient (Wildman–Crippen LogP) is 2.83. The Morgan fingerprint density at radius 2 is 1.64 bits per heavy atom. The third-order valence-electron chi connectivity index (χ3n) is 8.48. The van der Waals surface area contributed by atoms with Gasteiger partial charge < -0.3 is 30.7 Å². The van der Waals surface area contributed by atoms with Crippen LogP contribution in [0.15, 0.2) is 30.3 Å². The molecule has 3 rings (SSSR count). The molecule has 12 heteroatoms. The van der Waals surface area contributed by atoms with Crippen molar-refractivity contribution in [3.63, 3.8) is 0 Å². The molecule has 6 atom stereocenters. The fourth-order valence-corrected chi connectivity index (χ4v) is 6.30. The van der Waals surface area contributed by atoms with Crippen LogP contribution in [0.2, 0.25) is 0 Å². The van der Waals surface area contributed by atoms with Crippen molar-refractivity contribution in [2.24, 2.45) is 17.3 Å². The Labute approximate surface area is 265 Å². The standard InChI is InChI=1S/C33H48N4O8/c1-7-12-23(26(38)29(40)35-24(31(42)43)17-20-13-9-8-10-14-20)34-28(39)25-22-16-11-15-21(22)18-37(25)30(41)27(33(4,5)6)36-32(44)45-19(2)3/h8-10,13-14,19,21-25,27H,7,11-12,15-18H2,1-6H3,(H,34,39)(H,35,40)(H,36,44)(H,42,43)/t21-,22-,23-,24-,25-,27+/m0/s1. The van der Waals surface area contributed by atoms with Crippen LogP contribution in [-0.4, -0.2) is 82.4 Å². The van der Waals surface area contributed by atoms with E-state index in [-0.39, 0.29) is 30.8 Å². The van der Waals surface area contributed by atoms with Gasteiger partial charge in [-0.1, -0.05) is 70.9 Å². The number of alkyl carbamates (subject to hydrolysis) is 1. The third kappa shape index (κ3) is 9.27. The fourth-order valence-electron chi connectivity index (χ4n) is 6.30. The summed E-state index contributed by atoms with van der Waals surface area (Å²) in [5, 5.41) is 17.4. The Balaban J connectivity index is 1.79. The van der Waals surface area contributed by atoms with Crippen LogP contribution in [-0.2, 0) is 35.1 Å². The maximum atomic E-state index is 14.0. The second-order valence-corrected chi connectivity index (χ2v) is 13.5. The van der Waals surface area contributed by atoms with Gasteiger partial charge in [0.1, 0.15) is 18.1 Å². The van der Waals surface area contributed by atoms with E-state index in [9.17, 15) is 33.9 Å². The van der Waals surface area contributed by atoms with Crippen molar-refractivity contribution in [2.75, 3.05) is 6.54 Å². The van der Waals surface area contributed by atoms with Gasteiger partial charge in [0.2, 0.25) is 17.6 Å². The highest BCUT2D eigenvalue weighted by Gasteiger charge is 2.52. The van der Waals surface area contributed by atoms with E-state index in [1.807, 2.05) is 20.8 Å². The molecular formula is C33H48N4O8.